The molecule has 1 aliphatic rings. The molecule has 21 heavy (non-hydrogen) atoms. The second kappa shape index (κ2) is 6.02. The summed E-state index contributed by atoms with van der Waals surface area (Å²) in [5, 5.41) is 9.23. The number of hydrogen-bond donors (Lipinski definition) is 0. The molecule has 0 N–H and O–H groups in total. The van der Waals surface area contributed by atoms with Gasteiger partial charge in [0, 0.05) is 6.26 Å². The fourth-order valence-corrected chi connectivity index (χ4v) is 3.69. The van der Waals surface area contributed by atoms with Gasteiger partial charge < -0.3 is 4.74 Å². The van der Waals surface area contributed by atoms with Crippen molar-refractivity contribution in [1.29, 1.82) is 5.26 Å². The summed E-state index contributed by atoms with van der Waals surface area (Å²) in [6.45, 7) is 0. The average molecular weight is 311 g/mol. The highest BCUT2D eigenvalue weighted by atomic mass is 32.2. The molecule has 0 heterocycles. The van der Waals surface area contributed by atoms with Gasteiger partial charge in [-0.1, -0.05) is 18.9 Å². The van der Waals surface area contributed by atoms with Crippen LogP contribution in [0, 0.1) is 29.0 Å². The first-order chi connectivity index (χ1) is 9.86. The fraction of sp³-hybridized carbons (Fsp3) is 0.533. The number of rotatable bonds is 6. The summed E-state index contributed by atoms with van der Waals surface area (Å²) < 4.78 is 42.6. The van der Waals surface area contributed by atoms with Gasteiger partial charge in [0.2, 0.25) is 0 Å². The maximum absolute atomic E-state index is 13.7. The van der Waals surface area contributed by atoms with E-state index in [1.807, 2.05) is 0 Å². The van der Waals surface area contributed by atoms with Gasteiger partial charge in [-0.15, -0.1) is 0 Å². The lowest BCUT2D eigenvalue weighted by molar-refractivity contribution is 0.372. The molecular formula is C15H18FNO3S. The number of halogens is 1. The maximum Gasteiger partial charge on any atom is 0.179 e. The van der Waals surface area contributed by atoms with E-state index in [2.05, 4.69) is 6.07 Å². The molecule has 0 aliphatic heterocycles. The van der Waals surface area contributed by atoms with Crippen molar-refractivity contribution < 1.29 is 17.5 Å². The monoisotopic (exact) mass is 311 g/mol. The Labute approximate surface area is 124 Å². The molecule has 1 aliphatic carbocycles. The standard InChI is InChI=1S/C15H18FNO3S/c1-20-14-13(16)6-5-12(15(14)21(2,18)19)8-11(9-17)7-10-3-4-10/h5-6,10-11H,3-4,7-8H2,1-2H3. The van der Waals surface area contributed by atoms with E-state index in [-0.39, 0.29) is 16.6 Å². The van der Waals surface area contributed by atoms with Crippen LogP contribution in [-0.2, 0) is 16.3 Å². The molecule has 1 aromatic rings. The number of hydrogen-bond acceptors (Lipinski definition) is 4. The fourth-order valence-electron chi connectivity index (χ4n) is 2.54. The Bertz CT molecular complexity index is 675. The molecule has 1 aromatic carbocycles. The second-order valence-electron chi connectivity index (χ2n) is 5.55. The number of methoxy groups -OCH3 is 1. The summed E-state index contributed by atoms with van der Waals surface area (Å²) >= 11 is 0. The highest BCUT2D eigenvalue weighted by molar-refractivity contribution is 7.90. The molecule has 1 atom stereocenters. The third-order valence-electron chi connectivity index (χ3n) is 3.68. The molecule has 1 unspecified atom stereocenters. The van der Waals surface area contributed by atoms with Crippen molar-refractivity contribution in [2.24, 2.45) is 11.8 Å². The Kier molecular flexibility index (Phi) is 4.52. The number of nitrogens with zero attached hydrogens (tertiary/aromatic N) is 1. The van der Waals surface area contributed by atoms with Crippen molar-refractivity contribution in [1.82, 2.24) is 0 Å². The predicted octanol–water partition coefficient (Wildman–Crippen LogP) is 2.72. The van der Waals surface area contributed by atoms with Crippen molar-refractivity contribution in [3.63, 3.8) is 0 Å². The first-order valence-electron chi connectivity index (χ1n) is 6.81. The molecule has 1 saturated carbocycles. The molecule has 4 nitrogen and oxygen atoms in total. The summed E-state index contributed by atoms with van der Waals surface area (Å²) in [6.07, 6.45) is 4.34. The van der Waals surface area contributed by atoms with Gasteiger partial charge in [0.05, 0.1) is 19.1 Å². The van der Waals surface area contributed by atoms with E-state index in [4.69, 9.17) is 4.74 Å². The molecule has 0 spiro atoms. The third-order valence-corrected chi connectivity index (χ3v) is 4.87. The van der Waals surface area contributed by atoms with Crippen LogP contribution >= 0.6 is 0 Å². The molecule has 1 fully saturated rings. The zero-order chi connectivity index (χ0) is 15.6. The van der Waals surface area contributed by atoms with Crippen LogP contribution in [0.15, 0.2) is 17.0 Å². The number of sulfone groups is 1. The summed E-state index contributed by atoms with van der Waals surface area (Å²) in [5.74, 6) is -0.665. The van der Waals surface area contributed by atoms with Crippen LogP contribution in [0.5, 0.6) is 5.75 Å². The minimum Gasteiger partial charge on any atom is -0.492 e. The maximum atomic E-state index is 13.7. The SMILES string of the molecule is COc1c(F)ccc(CC(C#N)CC2CC2)c1S(C)(=O)=O. The van der Waals surface area contributed by atoms with Gasteiger partial charge in [-0.2, -0.15) is 5.26 Å². The predicted molar refractivity (Wildman–Crippen MR) is 76.2 cm³/mol. The van der Waals surface area contributed by atoms with Crippen LogP contribution in [0.2, 0.25) is 0 Å². The van der Waals surface area contributed by atoms with Gasteiger partial charge >= 0.3 is 0 Å². The zero-order valence-electron chi connectivity index (χ0n) is 12.1. The molecule has 0 saturated heterocycles. The van der Waals surface area contributed by atoms with E-state index in [1.54, 1.807) is 0 Å². The van der Waals surface area contributed by atoms with Crippen molar-refractivity contribution in [3.05, 3.63) is 23.5 Å². The minimum absolute atomic E-state index is 0.138. The van der Waals surface area contributed by atoms with Crippen molar-refractivity contribution in [2.45, 2.75) is 30.6 Å². The van der Waals surface area contributed by atoms with Gasteiger partial charge in [-0.25, -0.2) is 12.8 Å². The summed E-state index contributed by atoms with van der Waals surface area (Å²) in [6, 6.07) is 4.85. The van der Waals surface area contributed by atoms with Crippen molar-refractivity contribution >= 4 is 9.84 Å². The van der Waals surface area contributed by atoms with Crippen LogP contribution in [0.4, 0.5) is 4.39 Å². The summed E-state index contributed by atoms with van der Waals surface area (Å²) in [7, 11) is -2.40. The van der Waals surface area contributed by atoms with Crippen LogP contribution in [0.3, 0.4) is 0 Å². The van der Waals surface area contributed by atoms with Crippen LogP contribution in [-0.4, -0.2) is 21.8 Å². The zero-order valence-corrected chi connectivity index (χ0v) is 12.9. The third kappa shape index (κ3) is 3.73. The number of benzene rings is 1. The van der Waals surface area contributed by atoms with Crippen LogP contribution in [0.1, 0.15) is 24.8 Å². The quantitative estimate of drug-likeness (QED) is 0.810. The Morgan fingerprint density at radius 3 is 2.62 bits per heavy atom. The lowest BCUT2D eigenvalue weighted by atomic mass is 9.95. The first kappa shape index (κ1) is 15.8. The highest BCUT2D eigenvalue weighted by Crippen LogP contribution is 2.37. The van der Waals surface area contributed by atoms with Gasteiger partial charge in [-0.05, 0) is 30.4 Å². The van der Waals surface area contributed by atoms with Crippen LogP contribution in [0.25, 0.3) is 0 Å². The topological polar surface area (TPSA) is 67.2 Å². The Morgan fingerprint density at radius 1 is 1.48 bits per heavy atom. The second-order valence-corrected chi connectivity index (χ2v) is 7.50. The Morgan fingerprint density at radius 2 is 2.14 bits per heavy atom. The van der Waals surface area contributed by atoms with E-state index in [9.17, 15) is 18.1 Å². The van der Waals surface area contributed by atoms with Crippen LogP contribution < -0.4 is 4.74 Å². The molecule has 0 aromatic heterocycles. The lowest BCUT2D eigenvalue weighted by Gasteiger charge is -2.15. The van der Waals surface area contributed by atoms with Gasteiger partial charge in [0.15, 0.2) is 21.4 Å². The van der Waals surface area contributed by atoms with E-state index >= 15 is 0 Å². The molecule has 0 amide bonds. The molecule has 0 bridgehead atoms. The molecule has 114 valence electrons. The normalized spacial score (nSPS) is 16.3. The Hall–Kier alpha value is -1.61. The minimum atomic E-state index is -3.64. The molecular weight excluding hydrogens is 293 g/mol. The average Bonchev–Trinajstić information content (AvgIpc) is 3.22. The van der Waals surface area contributed by atoms with Crippen molar-refractivity contribution in [2.75, 3.05) is 13.4 Å². The van der Waals surface area contributed by atoms with E-state index in [0.717, 1.165) is 25.5 Å². The van der Waals surface area contributed by atoms with Gasteiger partial charge in [0.1, 0.15) is 4.90 Å². The first-order valence-corrected chi connectivity index (χ1v) is 8.71. The van der Waals surface area contributed by atoms with Gasteiger partial charge in [-0.3, -0.25) is 0 Å². The highest BCUT2D eigenvalue weighted by Gasteiger charge is 2.28. The van der Waals surface area contributed by atoms with Crippen molar-refractivity contribution in [3.8, 4) is 11.8 Å². The summed E-state index contributed by atoms with van der Waals surface area (Å²) in [4.78, 5) is -0.138. The smallest absolute Gasteiger partial charge is 0.179 e. The van der Waals surface area contributed by atoms with Gasteiger partial charge in [0.25, 0.3) is 0 Å². The molecule has 6 heteroatoms. The summed E-state index contributed by atoms with van der Waals surface area (Å²) in [5.41, 5.74) is 0.447. The Balaban J connectivity index is 2.40. The van der Waals surface area contributed by atoms with E-state index in [0.29, 0.717) is 17.9 Å². The van der Waals surface area contributed by atoms with E-state index in [1.165, 1.54) is 19.2 Å². The number of ether oxygens (including phenoxy) is 1. The lowest BCUT2D eigenvalue weighted by Crippen LogP contribution is -2.11. The van der Waals surface area contributed by atoms with E-state index < -0.39 is 15.7 Å². The largest absolute Gasteiger partial charge is 0.492 e. The number of nitriles is 1. The molecule has 2 rings (SSSR count). The molecule has 0 radical (unpaired) electrons.